The van der Waals surface area contributed by atoms with Crippen LogP contribution < -0.4 is 0 Å². The first-order valence-electron chi connectivity index (χ1n) is 7.72. The fraction of sp³-hybridized carbons (Fsp3) is 0.667. The Morgan fingerprint density at radius 3 is 1.86 bits per heavy atom. The van der Waals surface area contributed by atoms with E-state index in [1.807, 2.05) is 0 Å². The normalized spacial score (nSPS) is 12.7. The molecule has 0 amide bonds. The fourth-order valence-electron chi connectivity index (χ4n) is 2.23. The average Bonchev–Trinajstić information content (AvgIpc) is 2.31. The largest absolute Gasteiger partial charge is 0.504 e. The van der Waals surface area contributed by atoms with Crippen molar-refractivity contribution in [1.29, 1.82) is 0 Å². The zero-order valence-corrected chi connectivity index (χ0v) is 15.3. The number of hydrogen-bond acceptors (Lipinski definition) is 3. The van der Waals surface area contributed by atoms with E-state index in [0.29, 0.717) is 0 Å². The Morgan fingerprint density at radius 2 is 1.43 bits per heavy atom. The van der Waals surface area contributed by atoms with E-state index in [2.05, 4.69) is 54.5 Å². The Labute approximate surface area is 134 Å². The van der Waals surface area contributed by atoms with E-state index in [4.69, 9.17) is 0 Å². The zero-order valence-electron chi connectivity index (χ0n) is 14.5. The third-order valence-corrected chi connectivity index (χ3v) is 4.78. The smallest absolute Gasteiger partial charge is 0.171 e. The van der Waals surface area contributed by atoms with Gasteiger partial charge in [0.25, 0.3) is 0 Å². The lowest BCUT2D eigenvalue weighted by atomic mass is 9.80. The summed E-state index contributed by atoms with van der Waals surface area (Å²) in [6.07, 6.45) is 2.24. The van der Waals surface area contributed by atoms with Gasteiger partial charge in [-0.15, -0.1) is 11.8 Å². The van der Waals surface area contributed by atoms with Crippen LogP contribution in [0.4, 0.5) is 0 Å². The first-order valence-corrected chi connectivity index (χ1v) is 8.71. The Kier molecular flexibility index (Phi) is 5.65. The lowest BCUT2D eigenvalue weighted by Crippen LogP contribution is -2.17. The standard InChI is InChI=1S/C18H30O2S/c1-8-9-10-21-16-13(18(5,6)7)11-12(17(2,3)4)14(19)15(16)20/h11,19-20H,8-10H2,1-7H3. The lowest BCUT2D eigenvalue weighted by Gasteiger charge is -2.29. The number of benzene rings is 1. The molecule has 2 nitrogen and oxygen atoms in total. The van der Waals surface area contributed by atoms with Crippen molar-refractivity contribution in [3.63, 3.8) is 0 Å². The summed E-state index contributed by atoms with van der Waals surface area (Å²) in [4.78, 5) is 0.835. The van der Waals surface area contributed by atoms with E-state index >= 15 is 0 Å². The Balaban J connectivity index is 3.45. The predicted molar refractivity (Wildman–Crippen MR) is 92.8 cm³/mol. The van der Waals surface area contributed by atoms with Crippen molar-refractivity contribution in [2.75, 3.05) is 5.75 Å². The predicted octanol–water partition coefficient (Wildman–Crippen LogP) is 5.59. The summed E-state index contributed by atoms with van der Waals surface area (Å²) in [6.45, 7) is 14.8. The molecule has 0 aliphatic rings. The molecule has 0 bridgehead atoms. The highest BCUT2D eigenvalue weighted by atomic mass is 32.2. The van der Waals surface area contributed by atoms with Crippen LogP contribution >= 0.6 is 11.8 Å². The van der Waals surface area contributed by atoms with Gasteiger partial charge in [0, 0.05) is 5.56 Å². The summed E-state index contributed by atoms with van der Waals surface area (Å²) in [7, 11) is 0. The van der Waals surface area contributed by atoms with Crippen LogP contribution in [-0.4, -0.2) is 16.0 Å². The number of phenols is 2. The molecule has 0 unspecified atom stereocenters. The van der Waals surface area contributed by atoms with Crippen molar-refractivity contribution < 1.29 is 10.2 Å². The van der Waals surface area contributed by atoms with E-state index < -0.39 is 0 Å². The highest BCUT2D eigenvalue weighted by Crippen LogP contribution is 2.48. The SMILES string of the molecule is CCCCSc1c(C(C)(C)C)cc(C(C)(C)C)c(O)c1O. The fourth-order valence-corrected chi connectivity index (χ4v) is 3.63. The van der Waals surface area contributed by atoms with Crippen molar-refractivity contribution >= 4 is 11.8 Å². The molecule has 0 radical (unpaired) electrons. The van der Waals surface area contributed by atoms with Crippen molar-refractivity contribution in [3.8, 4) is 11.5 Å². The van der Waals surface area contributed by atoms with Crippen molar-refractivity contribution in [2.45, 2.75) is 77.0 Å². The summed E-state index contributed by atoms with van der Waals surface area (Å²) < 4.78 is 0. The second-order valence-electron chi connectivity index (χ2n) is 7.70. The van der Waals surface area contributed by atoms with Crippen molar-refractivity contribution in [1.82, 2.24) is 0 Å². The van der Waals surface area contributed by atoms with E-state index in [1.165, 1.54) is 0 Å². The summed E-state index contributed by atoms with van der Waals surface area (Å²) in [5, 5.41) is 20.9. The monoisotopic (exact) mass is 310 g/mol. The van der Waals surface area contributed by atoms with Crippen LogP contribution in [0.2, 0.25) is 0 Å². The van der Waals surface area contributed by atoms with E-state index in [9.17, 15) is 10.2 Å². The molecule has 0 atom stereocenters. The van der Waals surface area contributed by atoms with Gasteiger partial charge in [-0.3, -0.25) is 0 Å². The summed E-state index contributed by atoms with van der Waals surface area (Å²) in [5.41, 5.74) is 1.65. The molecule has 120 valence electrons. The van der Waals surface area contributed by atoms with Crippen LogP contribution in [0, 0.1) is 0 Å². The highest BCUT2D eigenvalue weighted by molar-refractivity contribution is 7.99. The Hall–Kier alpha value is -0.830. The van der Waals surface area contributed by atoms with Gasteiger partial charge in [-0.05, 0) is 34.6 Å². The molecular weight excluding hydrogens is 280 g/mol. The molecule has 0 aliphatic heterocycles. The number of aromatic hydroxyl groups is 2. The van der Waals surface area contributed by atoms with Gasteiger partial charge in [0.1, 0.15) is 0 Å². The van der Waals surface area contributed by atoms with Gasteiger partial charge >= 0.3 is 0 Å². The van der Waals surface area contributed by atoms with Crippen LogP contribution in [-0.2, 0) is 10.8 Å². The molecule has 0 saturated heterocycles. The summed E-state index contributed by atoms with van der Waals surface area (Å²) in [5.74, 6) is 1.05. The van der Waals surface area contributed by atoms with Gasteiger partial charge in [0.05, 0.1) is 4.90 Å². The second-order valence-corrected chi connectivity index (χ2v) is 8.81. The van der Waals surface area contributed by atoms with E-state index in [0.717, 1.165) is 34.6 Å². The number of phenolic OH excluding ortho intramolecular Hbond substituents is 2. The minimum atomic E-state index is -0.200. The van der Waals surface area contributed by atoms with E-state index in [-0.39, 0.29) is 22.3 Å². The minimum Gasteiger partial charge on any atom is -0.504 e. The Bertz CT molecular complexity index is 493. The van der Waals surface area contributed by atoms with Crippen molar-refractivity contribution in [2.24, 2.45) is 0 Å². The quantitative estimate of drug-likeness (QED) is 0.433. The minimum absolute atomic E-state index is 0.0366. The first-order chi connectivity index (χ1) is 9.50. The lowest BCUT2D eigenvalue weighted by molar-refractivity contribution is 0.376. The van der Waals surface area contributed by atoms with Crippen LogP contribution in [0.5, 0.6) is 11.5 Å². The Morgan fingerprint density at radius 1 is 0.905 bits per heavy atom. The zero-order chi connectivity index (χ0) is 16.4. The molecule has 1 aromatic carbocycles. The van der Waals surface area contributed by atoms with Gasteiger partial charge < -0.3 is 10.2 Å². The first kappa shape index (κ1) is 18.2. The molecule has 0 fully saturated rings. The van der Waals surface area contributed by atoms with Gasteiger partial charge in [-0.1, -0.05) is 54.9 Å². The number of hydrogen-bond donors (Lipinski definition) is 2. The molecule has 1 rings (SSSR count). The average molecular weight is 311 g/mol. The van der Waals surface area contributed by atoms with Crippen LogP contribution in [0.1, 0.15) is 72.4 Å². The third kappa shape index (κ3) is 4.32. The van der Waals surface area contributed by atoms with E-state index in [1.54, 1.807) is 11.8 Å². The number of thioether (sulfide) groups is 1. The molecule has 1 aromatic rings. The van der Waals surface area contributed by atoms with Gasteiger partial charge in [-0.2, -0.15) is 0 Å². The molecular formula is C18H30O2S. The van der Waals surface area contributed by atoms with Gasteiger partial charge in [0.15, 0.2) is 11.5 Å². The maximum Gasteiger partial charge on any atom is 0.171 e. The number of unbranched alkanes of at least 4 members (excludes halogenated alkanes) is 1. The molecule has 0 saturated carbocycles. The number of rotatable bonds is 4. The maximum atomic E-state index is 10.5. The second kappa shape index (κ2) is 6.51. The van der Waals surface area contributed by atoms with Crippen molar-refractivity contribution in [3.05, 3.63) is 17.2 Å². The molecule has 2 N–H and O–H groups in total. The molecule has 0 spiro atoms. The summed E-state index contributed by atoms with van der Waals surface area (Å²) in [6, 6.07) is 2.07. The molecule has 0 aromatic heterocycles. The summed E-state index contributed by atoms with van der Waals surface area (Å²) >= 11 is 1.65. The molecule has 21 heavy (non-hydrogen) atoms. The van der Waals surface area contributed by atoms with Gasteiger partial charge in [0.2, 0.25) is 0 Å². The highest BCUT2D eigenvalue weighted by Gasteiger charge is 2.29. The van der Waals surface area contributed by atoms with Gasteiger partial charge in [-0.25, -0.2) is 0 Å². The third-order valence-electron chi connectivity index (χ3n) is 3.59. The molecule has 3 heteroatoms. The molecule has 0 heterocycles. The molecule has 0 aliphatic carbocycles. The van der Waals surface area contributed by atoms with Crippen LogP contribution in [0.25, 0.3) is 0 Å². The topological polar surface area (TPSA) is 40.5 Å². The van der Waals surface area contributed by atoms with Crippen LogP contribution in [0.15, 0.2) is 11.0 Å². The maximum absolute atomic E-state index is 10.5. The van der Waals surface area contributed by atoms with Crippen LogP contribution in [0.3, 0.4) is 0 Å².